The Hall–Kier alpha value is -1.39. The Balaban J connectivity index is 2.22. The summed E-state index contributed by atoms with van der Waals surface area (Å²) in [6.07, 6.45) is 0.548. The van der Waals surface area contributed by atoms with Crippen LogP contribution in [0.1, 0.15) is 11.1 Å². The lowest BCUT2D eigenvalue weighted by molar-refractivity contribution is 0.608. The minimum atomic E-state index is -0.185. The SMILES string of the molecule is CN(Cc1ccc(Br)cc1)c1cccc(F)c1CCN. The van der Waals surface area contributed by atoms with E-state index in [9.17, 15) is 4.39 Å². The number of hydrogen-bond acceptors (Lipinski definition) is 2. The van der Waals surface area contributed by atoms with Crippen LogP contribution in [-0.2, 0) is 13.0 Å². The van der Waals surface area contributed by atoms with Crippen molar-refractivity contribution in [2.24, 2.45) is 5.73 Å². The average molecular weight is 337 g/mol. The molecule has 0 radical (unpaired) electrons. The first-order chi connectivity index (χ1) is 9.61. The number of nitrogens with zero attached hydrogens (tertiary/aromatic N) is 1. The van der Waals surface area contributed by atoms with E-state index in [1.807, 2.05) is 25.2 Å². The van der Waals surface area contributed by atoms with Crippen molar-refractivity contribution in [3.8, 4) is 0 Å². The predicted octanol–water partition coefficient (Wildman–Crippen LogP) is 3.73. The second-order valence-electron chi connectivity index (χ2n) is 4.76. The van der Waals surface area contributed by atoms with Crippen LogP contribution in [0.4, 0.5) is 10.1 Å². The molecule has 0 aliphatic heterocycles. The zero-order valence-corrected chi connectivity index (χ0v) is 13.0. The minimum Gasteiger partial charge on any atom is -0.370 e. The second-order valence-corrected chi connectivity index (χ2v) is 5.67. The van der Waals surface area contributed by atoms with Crippen LogP contribution in [-0.4, -0.2) is 13.6 Å². The molecular formula is C16H18BrFN2. The van der Waals surface area contributed by atoms with E-state index in [-0.39, 0.29) is 5.82 Å². The molecule has 0 aliphatic carbocycles. The fraction of sp³-hybridized carbons (Fsp3) is 0.250. The van der Waals surface area contributed by atoms with Crippen LogP contribution in [0.2, 0.25) is 0 Å². The molecule has 0 bridgehead atoms. The summed E-state index contributed by atoms with van der Waals surface area (Å²) in [6, 6.07) is 13.3. The monoisotopic (exact) mass is 336 g/mol. The van der Waals surface area contributed by atoms with Crippen molar-refractivity contribution >= 4 is 21.6 Å². The molecule has 2 aromatic rings. The molecule has 2 aromatic carbocycles. The molecule has 0 aliphatic rings. The van der Waals surface area contributed by atoms with Crippen LogP contribution in [0.3, 0.4) is 0 Å². The highest BCUT2D eigenvalue weighted by molar-refractivity contribution is 9.10. The molecule has 2 nitrogen and oxygen atoms in total. The molecule has 20 heavy (non-hydrogen) atoms. The minimum absolute atomic E-state index is 0.185. The van der Waals surface area contributed by atoms with Crippen LogP contribution < -0.4 is 10.6 Å². The first-order valence-corrected chi connectivity index (χ1v) is 7.34. The third-order valence-corrected chi connectivity index (χ3v) is 3.76. The molecule has 0 amide bonds. The maximum Gasteiger partial charge on any atom is 0.128 e. The van der Waals surface area contributed by atoms with Gasteiger partial charge in [-0.15, -0.1) is 0 Å². The molecule has 0 fully saturated rings. The van der Waals surface area contributed by atoms with E-state index < -0.39 is 0 Å². The Bertz CT molecular complexity index is 569. The van der Waals surface area contributed by atoms with Crippen LogP contribution in [0.25, 0.3) is 0 Å². The molecule has 4 heteroatoms. The molecular weight excluding hydrogens is 319 g/mol. The van der Waals surface area contributed by atoms with E-state index in [0.717, 1.165) is 16.7 Å². The zero-order valence-electron chi connectivity index (χ0n) is 11.4. The predicted molar refractivity (Wildman–Crippen MR) is 85.4 cm³/mol. The van der Waals surface area contributed by atoms with Gasteiger partial charge in [-0.2, -0.15) is 0 Å². The number of hydrogen-bond donors (Lipinski definition) is 1. The first kappa shape index (κ1) is 15.0. The van der Waals surface area contributed by atoms with Crippen LogP contribution >= 0.6 is 15.9 Å². The third kappa shape index (κ3) is 3.58. The molecule has 0 spiro atoms. The van der Waals surface area contributed by atoms with Crippen molar-refractivity contribution in [1.82, 2.24) is 0 Å². The molecule has 0 saturated carbocycles. The van der Waals surface area contributed by atoms with Gasteiger partial charge < -0.3 is 10.6 Å². The molecule has 106 valence electrons. The van der Waals surface area contributed by atoms with Crippen molar-refractivity contribution in [1.29, 1.82) is 0 Å². The van der Waals surface area contributed by atoms with Crippen LogP contribution in [0, 0.1) is 5.82 Å². The fourth-order valence-corrected chi connectivity index (χ4v) is 2.51. The summed E-state index contributed by atoms with van der Waals surface area (Å²) in [5.74, 6) is -0.185. The molecule has 0 aromatic heterocycles. The fourth-order valence-electron chi connectivity index (χ4n) is 2.25. The Morgan fingerprint density at radius 1 is 1.15 bits per heavy atom. The van der Waals surface area contributed by atoms with Crippen molar-refractivity contribution in [3.63, 3.8) is 0 Å². The third-order valence-electron chi connectivity index (χ3n) is 3.23. The van der Waals surface area contributed by atoms with E-state index in [2.05, 4.69) is 33.0 Å². The zero-order chi connectivity index (χ0) is 14.5. The molecule has 2 rings (SSSR count). The molecule has 0 unspecified atom stereocenters. The van der Waals surface area contributed by atoms with E-state index >= 15 is 0 Å². The lowest BCUT2D eigenvalue weighted by atomic mass is 10.1. The van der Waals surface area contributed by atoms with Crippen molar-refractivity contribution in [2.75, 3.05) is 18.5 Å². The van der Waals surface area contributed by atoms with Gasteiger partial charge in [-0.3, -0.25) is 0 Å². The summed E-state index contributed by atoms with van der Waals surface area (Å²) < 4.78 is 15.0. The lowest BCUT2D eigenvalue weighted by Crippen LogP contribution is -2.19. The smallest absolute Gasteiger partial charge is 0.128 e. The van der Waals surface area contributed by atoms with E-state index in [1.165, 1.54) is 11.6 Å². The average Bonchev–Trinajstić information content (AvgIpc) is 2.43. The standard InChI is InChI=1S/C16H18BrFN2/c1-20(11-12-5-7-13(17)8-6-12)16-4-2-3-15(18)14(16)9-10-19/h2-8H,9-11,19H2,1H3. The highest BCUT2D eigenvalue weighted by Gasteiger charge is 2.11. The van der Waals surface area contributed by atoms with Gasteiger partial charge in [-0.25, -0.2) is 4.39 Å². The highest BCUT2D eigenvalue weighted by atomic mass is 79.9. The lowest BCUT2D eigenvalue weighted by Gasteiger charge is -2.23. The van der Waals surface area contributed by atoms with E-state index in [0.29, 0.717) is 18.5 Å². The molecule has 2 N–H and O–H groups in total. The number of halogens is 2. The molecule has 0 atom stereocenters. The van der Waals surface area contributed by atoms with Gasteiger partial charge in [0.2, 0.25) is 0 Å². The van der Waals surface area contributed by atoms with Gasteiger partial charge in [0.25, 0.3) is 0 Å². The largest absolute Gasteiger partial charge is 0.370 e. The van der Waals surface area contributed by atoms with Crippen molar-refractivity contribution < 1.29 is 4.39 Å². The summed E-state index contributed by atoms with van der Waals surface area (Å²) in [6.45, 7) is 1.17. The number of nitrogens with two attached hydrogens (primary N) is 1. The Labute approximate surface area is 127 Å². The van der Waals surface area contributed by atoms with Crippen LogP contribution in [0.15, 0.2) is 46.9 Å². The van der Waals surface area contributed by atoms with Gasteiger partial charge in [0.15, 0.2) is 0 Å². The summed E-state index contributed by atoms with van der Waals surface area (Å²) >= 11 is 3.42. The van der Waals surface area contributed by atoms with Crippen LogP contribution in [0.5, 0.6) is 0 Å². The molecule has 0 heterocycles. The maximum absolute atomic E-state index is 13.9. The topological polar surface area (TPSA) is 29.3 Å². The number of anilines is 1. The van der Waals surface area contributed by atoms with E-state index in [1.54, 1.807) is 6.07 Å². The van der Waals surface area contributed by atoms with Crippen molar-refractivity contribution in [3.05, 3.63) is 63.9 Å². The van der Waals surface area contributed by atoms with Crippen molar-refractivity contribution in [2.45, 2.75) is 13.0 Å². The van der Waals surface area contributed by atoms with Gasteiger partial charge in [-0.05, 0) is 42.8 Å². The van der Waals surface area contributed by atoms with E-state index in [4.69, 9.17) is 5.73 Å². The summed E-state index contributed by atoms with van der Waals surface area (Å²) in [7, 11) is 1.97. The normalized spacial score (nSPS) is 10.6. The van der Waals surface area contributed by atoms with Gasteiger partial charge in [0, 0.05) is 29.3 Å². The summed E-state index contributed by atoms with van der Waals surface area (Å²) in [5, 5.41) is 0. The number of rotatable bonds is 5. The van der Waals surface area contributed by atoms with Gasteiger partial charge >= 0.3 is 0 Å². The second kappa shape index (κ2) is 6.86. The number of benzene rings is 2. The first-order valence-electron chi connectivity index (χ1n) is 6.55. The Morgan fingerprint density at radius 3 is 2.50 bits per heavy atom. The van der Waals surface area contributed by atoms with Gasteiger partial charge in [-0.1, -0.05) is 34.1 Å². The van der Waals surface area contributed by atoms with Gasteiger partial charge in [0.05, 0.1) is 0 Å². The highest BCUT2D eigenvalue weighted by Crippen LogP contribution is 2.24. The molecule has 0 saturated heterocycles. The maximum atomic E-state index is 13.9. The summed E-state index contributed by atoms with van der Waals surface area (Å²) in [5.41, 5.74) is 8.35. The summed E-state index contributed by atoms with van der Waals surface area (Å²) in [4.78, 5) is 2.05. The quantitative estimate of drug-likeness (QED) is 0.901. The Kier molecular flexibility index (Phi) is 5.15. The Morgan fingerprint density at radius 2 is 1.85 bits per heavy atom. The van der Waals surface area contributed by atoms with Gasteiger partial charge in [0.1, 0.15) is 5.82 Å².